The lowest BCUT2D eigenvalue weighted by Crippen LogP contribution is -2.38. The van der Waals surface area contributed by atoms with Crippen LogP contribution in [0, 0.1) is 11.8 Å². The number of rotatable bonds is 3. The Morgan fingerprint density at radius 1 is 1.32 bits per heavy atom. The maximum atomic E-state index is 5.22. The SMILES string of the molecule is S=C(NCc1ccccc1)N/N=C1/C[C@@H]2CC=C[C@@H]12. The van der Waals surface area contributed by atoms with E-state index in [1.165, 1.54) is 17.7 Å². The summed E-state index contributed by atoms with van der Waals surface area (Å²) < 4.78 is 0. The van der Waals surface area contributed by atoms with Gasteiger partial charge in [-0.2, -0.15) is 5.10 Å². The van der Waals surface area contributed by atoms with Crippen LogP contribution in [0.2, 0.25) is 0 Å². The summed E-state index contributed by atoms with van der Waals surface area (Å²) in [5.41, 5.74) is 5.38. The molecule has 2 aliphatic rings. The Morgan fingerprint density at radius 2 is 2.16 bits per heavy atom. The first-order chi connectivity index (χ1) is 9.33. The zero-order chi connectivity index (χ0) is 13.1. The number of hydrazone groups is 1. The van der Waals surface area contributed by atoms with Crippen LogP contribution in [0.5, 0.6) is 0 Å². The van der Waals surface area contributed by atoms with Gasteiger partial charge in [-0.25, -0.2) is 0 Å². The first kappa shape index (κ1) is 12.4. The zero-order valence-electron chi connectivity index (χ0n) is 10.7. The fraction of sp³-hybridized carbons (Fsp3) is 0.333. The van der Waals surface area contributed by atoms with Crippen molar-refractivity contribution in [3.05, 3.63) is 48.0 Å². The van der Waals surface area contributed by atoms with E-state index < -0.39 is 0 Å². The largest absolute Gasteiger partial charge is 0.357 e. The van der Waals surface area contributed by atoms with Crippen molar-refractivity contribution in [2.24, 2.45) is 16.9 Å². The Labute approximate surface area is 118 Å². The number of hydrogen-bond donors (Lipinski definition) is 2. The van der Waals surface area contributed by atoms with Crippen molar-refractivity contribution in [2.75, 3.05) is 0 Å². The van der Waals surface area contributed by atoms with E-state index in [-0.39, 0.29) is 0 Å². The van der Waals surface area contributed by atoms with Crippen molar-refractivity contribution in [1.29, 1.82) is 0 Å². The summed E-state index contributed by atoms with van der Waals surface area (Å²) in [7, 11) is 0. The molecule has 1 fully saturated rings. The zero-order valence-corrected chi connectivity index (χ0v) is 11.5. The molecule has 0 bridgehead atoms. The van der Waals surface area contributed by atoms with Crippen molar-refractivity contribution < 1.29 is 0 Å². The molecule has 0 aliphatic heterocycles. The predicted octanol–water partition coefficient (Wildman–Crippen LogP) is 2.60. The summed E-state index contributed by atoms with van der Waals surface area (Å²) in [6.45, 7) is 0.726. The minimum Gasteiger partial charge on any atom is -0.357 e. The van der Waals surface area contributed by atoms with Crippen LogP contribution in [0.1, 0.15) is 18.4 Å². The molecule has 19 heavy (non-hydrogen) atoms. The van der Waals surface area contributed by atoms with Crippen molar-refractivity contribution in [3.8, 4) is 0 Å². The lowest BCUT2D eigenvalue weighted by atomic mass is 9.74. The van der Waals surface area contributed by atoms with Crippen LogP contribution < -0.4 is 10.7 Å². The molecule has 4 heteroatoms. The number of hydrogen-bond acceptors (Lipinski definition) is 2. The standard InChI is InChI=1S/C15H17N3S/c19-15(16-10-11-5-2-1-3-6-11)18-17-14-9-12-7-4-8-13(12)14/h1-6,8,12-13H,7,9-10H2,(H2,16,18,19)/b17-14-/t12-,13+/m0/s1. The van der Waals surface area contributed by atoms with E-state index in [9.17, 15) is 0 Å². The number of thiocarbonyl (C=S) groups is 1. The average Bonchev–Trinajstić information content (AvgIpc) is 2.79. The fourth-order valence-electron chi connectivity index (χ4n) is 2.60. The van der Waals surface area contributed by atoms with E-state index in [0.29, 0.717) is 11.0 Å². The van der Waals surface area contributed by atoms with E-state index >= 15 is 0 Å². The topological polar surface area (TPSA) is 36.4 Å². The van der Waals surface area contributed by atoms with Gasteiger partial charge in [0.05, 0.1) is 0 Å². The van der Waals surface area contributed by atoms with Crippen molar-refractivity contribution in [3.63, 3.8) is 0 Å². The summed E-state index contributed by atoms with van der Waals surface area (Å²) >= 11 is 5.22. The third-order valence-corrected chi connectivity index (χ3v) is 3.98. The first-order valence-corrected chi connectivity index (χ1v) is 7.04. The lowest BCUT2D eigenvalue weighted by Gasteiger charge is -2.31. The smallest absolute Gasteiger partial charge is 0.187 e. The van der Waals surface area contributed by atoms with Gasteiger partial charge in [0.25, 0.3) is 0 Å². The van der Waals surface area contributed by atoms with Crippen LogP contribution in [0.15, 0.2) is 47.6 Å². The van der Waals surface area contributed by atoms with Gasteiger partial charge in [-0.1, -0.05) is 42.5 Å². The van der Waals surface area contributed by atoms with Crippen molar-refractivity contribution in [1.82, 2.24) is 10.7 Å². The van der Waals surface area contributed by atoms with Gasteiger partial charge in [0.1, 0.15) is 0 Å². The summed E-state index contributed by atoms with van der Waals surface area (Å²) in [6, 6.07) is 10.2. The van der Waals surface area contributed by atoms with Gasteiger partial charge in [0.2, 0.25) is 0 Å². The molecule has 3 rings (SSSR count). The molecule has 2 aliphatic carbocycles. The highest BCUT2D eigenvalue weighted by atomic mass is 32.1. The molecule has 0 heterocycles. The van der Waals surface area contributed by atoms with Crippen LogP contribution in [0.3, 0.4) is 0 Å². The van der Waals surface area contributed by atoms with E-state index in [1.807, 2.05) is 18.2 Å². The van der Waals surface area contributed by atoms with Crippen LogP contribution in [-0.4, -0.2) is 10.8 Å². The van der Waals surface area contributed by atoms with E-state index in [0.717, 1.165) is 18.9 Å². The Bertz CT molecular complexity index is 521. The molecule has 0 amide bonds. The summed E-state index contributed by atoms with van der Waals surface area (Å²) in [6.07, 6.45) is 6.82. The Hall–Kier alpha value is -1.68. The number of fused-ring (bicyclic) bond motifs is 1. The number of allylic oxidation sites excluding steroid dienone is 2. The van der Waals surface area contributed by atoms with Crippen molar-refractivity contribution in [2.45, 2.75) is 19.4 Å². The van der Waals surface area contributed by atoms with Gasteiger partial charge in [-0.05, 0) is 36.5 Å². The molecule has 0 unspecified atom stereocenters. The molecular weight excluding hydrogens is 254 g/mol. The monoisotopic (exact) mass is 271 g/mol. The molecule has 1 aromatic rings. The average molecular weight is 271 g/mol. The molecule has 1 aromatic carbocycles. The Balaban J connectivity index is 1.45. The molecule has 2 N–H and O–H groups in total. The van der Waals surface area contributed by atoms with Gasteiger partial charge in [0, 0.05) is 18.2 Å². The maximum absolute atomic E-state index is 5.22. The van der Waals surface area contributed by atoms with E-state index in [1.54, 1.807) is 0 Å². The molecule has 0 saturated heterocycles. The number of benzene rings is 1. The highest BCUT2D eigenvalue weighted by Gasteiger charge is 2.37. The molecule has 1 saturated carbocycles. The number of nitrogens with one attached hydrogen (secondary N) is 2. The number of nitrogens with zero attached hydrogens (tertiary/aromatic N) is 1. The third-order valence-electron chi connectivity index (χ3n) is 3.74. The highest BCUT2D eigenvalue weighted by molar-refractivity contribution is 7.80. The van der Waals surface area contributed by atoms with Gasteiger partial charge < -0.3 is 5.32 Å². The lowest BCUT2D eigenvalue weighted by molar-refractivity contribution is 0.444. The normalized spacial score (nSPS) is 25.8. The van der Waals surface area contributed by atoms with Crippen LogP contribution in [-0.2, 0) is 6.54 Å². The molecule has 98 valence electrons. The first-order valence-electron chi connectivity index (χ1n) is 6.64. The second kappa shape index (κ2) is 5.53. The maximum Gasteiger partial charge on any atom is 0.187 e. The molecule has 0 spiro atoms. The minimum atomic E-state index is 0.560. The Morgan fingerprint density at radius 3 is 2.95 bits per heavy atom. The highest BCUT2D eigenvalue weighted by Crippen LogP contribution is 2.40. The molecule has 0 radical (unpaired) electrons. The van der Waals surface area contributed by atoms with Gasteiger partial charge in [0.15, 0.2) is 5.11 Å². The molecule has 2 atom stereocenters. The minimum absolute atomic E-state index is 0.560. The Kier molecular flexibility index (Phi) is 3.60. The summed E-state index contributed by atoms with van der Waals surface area (Å²) in [4.78, 5) is 0. The second-order valence-electron chi connectivity index (χ2n) is 5.04. The van der Waals surface area contributed by atoms with Gasteiger partial charge >= 0.3 is 0 Å². The van der Waals surface area contributed by atoms with Crippen LogP contribution in [0.25, 0.3) is 0 Å². The third kappa shape index (κ3) is 2.84. The van der Waals surface area contributed by atoms with Crippen LogP contribution >= 0.6 is 12.2 Å². The van der Waals surface area contributed by atoms with Gasteiger partial charge in [-0.15, -0.1) is 0 Å². The van der Waals surface area contributed by atoms with E-state index in [4.69, 9.17) is 12.2 Å². The predicted molar refractivity (Wildman–Crippen MR) is 81.8 cm³/mol. The van der Waals surface area contributed by atoms with Gasteiger partial charge in [-0.3, -0.25) is 5.43 Å². The molecule has 0 aromatic heterocycles. The molecule has 3 nitrogen and oxygen atoms in total. The van der Waals surface area contributed by atoms with Crippen molar-refractivity contribution >= 4 is 23.0 Å². The van der Waals surface area contributed by atoms with E-state index in [2.05, 4.69) is 40.1 Å². The summed E-state index contributed by atoms with van der Waals surface area (Å²) in [5, 5.41) is 8.14. The quantitative estimate of drug-likeness (QED) is 0.504. The summed E-state index contributed by atoms with van der Waals surface area (Å²) in [5.74, 6) is 1.36. The molecular formula is C15H17N3S. The fourth-order valence-corrected chi connectivity index (χ4v) is 2.72. The van der Waals surface area contributed by atoms with Crippen LogP contribution in [0.4, 0.5) is 0 Å². The second-order valence-corrected chi connectivity index (χ2v) is 5.45.